The van der Waals surface area contributed by atoms with Crippen LogP contribution in [0.25, 0.3) is 11.4 Å². The zero-order valence-electron chi connectivity index (χ0n) is 12.3. The van der Waals surface area contributed by atoms with E-state index >= 15 is 0 Å². The maximum atomic E-state index is 13.0. The minimum Gasteiger partial charge on any atom is -0.389 e. The van der Waals surface area contributed by atoms with E-state index in [1.807, 2.05) is 18.0 Å². The van der Waals surface area contributed by atoms with Crippen molar-refractivity contribution < 1.29 is 14.2 Å². The van der Waals surface area contributed by atoms with Gasteiger partial charge >= 0.3 is 0 Å². The molecule has 0 radical (unpaired) electrons. The van der Waals surface area contributed by atoms with Crippen LogP contribution in [0.3, 0.4) is 0 Å². The van der Waals surface area contributed by atoms with Gasteiger partial charge in [-0.15, -0.1) is 0 Å². The van der Waals surface area contributed by atoms with E-state index in [9.17, 15) is 9.50 Å². The zero-order valence-corrected chi connectivity index (χ0v) is 12.3. The maximum absolute atomic E-state index is 13.0. The van der Waals surface area contributed by atoms with Crippen molar-refractivity contribution in [1.82, 2.24) is 14.9 Å². The smallest absolute Gasteiger partial charge is 0.159 e. The topological polar surface area (TPSA) is 58.5 Å². The molecule has 0 bridgehead atoms. The highest BCUT2D eigenvalue weighted by Crippen LogP contribution is 2.17. The van der Waals surface area contributed by atoms with E-state index in [1.165, 1.54) is 12.1 Å². The van der Waals surface area contributed by atoms with Crippen molar-refractivity contribution in [2.75, 3.05) is 20.3 Å². The summed E-state index contributed by atoms with van der Waals surface area (Å²) < 4.78 is 18.3. The molecule has 0 unspecified atom stereocenters. The van der Waals surface area contributed by atoms with Crippen LogP contribution in [0.4, 0.5) is 4.39 Å². The van der Waals surface area contributed by atoms with Crippen LogP contribution in [-0.2, 0) is 11.3 Å². The summed E-state index contributed by atoms with van der Waals surface area (Å²) in [4.78, 5) is 10.8. The Morgan fingerprint density at radius 3 is 2.73 bits per heavy atom. The van der Waals surface area contributed by atoms with Gasteiger partial charge in [-0.3, -0.25) is 4.90 Å². The van der Waals surface area contributed by atoms with Gasteiger partial charge in [0.15, 0.2) is 5.82 Å². The Bertz CT molecular complexity index is 636. The molecule has 22 heavy (non-hydrogen) atoms. The van der Waals surface area contributed by atoms with Gasteiger partial charge in [0.25, 0.3) is 0 Å². The molecule has 3 rings (SSSR count). The molecule has 116 valence electrons. The van der Waals surface area contributed by atoms with Gasteiger partial charge in [0, 0.05) is 18.3 Å². The number of nitrogens with zero attached hydrogens (tertiary/aromatic N) is 3. The summed E-state index contributed by atoms with van der Waals surface area (Å²) in [5, 5.41) is 9.86. The van der Waals surface area contributed by atoms with Crippen molar-refractivity contribution in [1.29, 1.82) is 0 Å². The molecule has 0 spiro atoms. The number of aliphatic hydroxyl groups excluding tert-OH is 1. The molecule has 1 aromatic carbocycles. The number of halogens is 1. The van der Waals surface area contributed by atoms with E-state index in [1.54, 1.807) is 18.3 Å². The SMILES string of the molecule is CN(Cc1ccnc(-c2ccc(F)cc2)n1)[C@@H]1COC[C@H]1O. The van der Waals surface area contributed by atoms with Gasteiger partial charge in [-0.1, -0.05) is 0 Å². The van der Waals surface area contributed by atoms with Crippen molar-refractivity contribution >= 4 is 0 Å². The summed E-state index contributed by atoms with van der Waals surface area (Å²) in [5.41, 5.74) is 1.62. The molecule has 1 fully saturated rings. The molecule has 2 aromatic rings. The monoisotopic (exact) mass is 303 g/mol. The highest BCUT2D eigenvalue weighted by molar-refractivity contribution is 5.54. The Balaban J connectivity index is 1.75. The van der Waals surface area contributed by atoms with Crippen LogP contribution < -0.4 is 0 Å². The molecule has 6 heteroatoms. The highest BCUT2D eigenvalue weighted by Gasteiger charge is 2.29. The average molecular weight is 303 g/mol. The van der Waals surface area contributed by atoms with Crippen molar-refractivity contribution in [2.24, 2.45) is 0 Å². The first-order valence-corrected chi connectivity index (χ1v) is 7.17. The summed E-state index contributed by atoms with van der Waals surface area (Å²) in [5.74, 6) is 0.281. The van der Waals surface area contributed by atoms with E-state index in [4.69, 9.17) is 4.74 Å². The van der Waals surface area contributed by atoms with Crippen LogP contribution in [0.15, 0.2) is 36.5 Å². The first-order valence-electron chi connectivity index (χ1n) is 7.17. The Morgan fingerprint density at radius 1 is 1.27 bits per heavy atom. The Labute approximate surface area is 128 Å². The number of ether oxygens (including phenoxy) is 1. The lowest BCUT2D eigenvalue weighted by Crippen LogP contribution is -2.40. The largest absolute Gasteiger partial charge is 0.389 e. The fourth-order valence-corrected chi connectivity index (χ4v) is 2.55. The number of aromatic nitrogens is 2. The molecular formula is C16H18FN3O2. The Kier molecular flexibility index (Phi) is 4.42. The van der Waals surface area contributed by atoms with Gasteiger partial charge in [0.2, 0.25) is 0 Å². The lowest BCUT2D eigenvalue weighted by molar-refractivity contribution is 0.0920. The first kappa shape index (κ1) is 15.0. The molecule has 5 nitrogen and oxygen atoms in total. The van der Waals surface area contributed by atoms with E-state index < -0.39 is 6.10 Å². The van der Waals surface area contributed by atoms with E-state index in [0.29, 0.717) is 25.6 Å². The molecule has 1 aliphatic rings. The molecule has 1 N–H and O–H groups in total. The molecule has 2 heterocycles. The fraction of sp³-hybridized carbons (Fsp3) is 0.375. The lowest BCUT2D eigenvalue weighted by Gasteiger charge is -2.25. The van der Waals surface area contributed by atoms with Gasteiger partial charge in [0.05, 0.1) is 31.1 Å². The quantitative estimate of drug-likeness (QED) is 0.927. The number of rotatable bonds is 4. The number of benzene rings is 1. The van der Waals surface area contributed by atoms with Gasteiger partial charge in [0.1, 0.15) is 5.82 Å². The van der Waals surface area contributed by atoms with Gasteiger partial charge < -0.3 is 9.84 Å². The van der Waals surface area contributed by atoms with Crippen molar-refractivity contribution in [3.8, 4) is 11.4 Å². The van der Waals surface area contributed by atoms with Crippen LogP contribution in [0.5, 0.6) is 0 Å². The second-order valence-corrected chi connectivity index (χ2v) is 5.47. The molecule has 1 aliphatic heterocycles. The summed E-state index contributed by atoms with van der Waals surface area (Å²) in [6.45, 7) is 1.48. The molecule has 1 aromatic heterocycles. The van der Waals surface area contributed by atoms with Crippen molar-refractivity contribution in [2.45, 2.75) is 18.7 Å². The average Bonchev–Trinajstić information content (AvgIpc) is 2.94. The fourth-order valence-electron chi connectivity index (χ4n) is 2.55. The second kappa shape index (κ2) is 6.48. The molecule has 0 aliphatic carbocycles. The van der Waals surface area contributed by atoms with E-state index in [2.05, 4.69) is 9.97 Å². The summed E-state index contributed by atoms with van der Waals surface area (Å²) in [7, 11) is 1.93. The standard InChI is InChI=1S/C16H18FN3O2/c1-20(14-9-22-10-15(14)21)8-13-6-7-18-16(19-13)11-2-4-12(17)5-3-11/h2-7,14-15,21H,8-10H2,1H3/t14-,15-/m1/s1. The molecule has 1 saturated heterocycles. The second-order valence-electron chi connectivity index (χ2n) is 5.47. The van der Waals surface area contributed by atoms with Gasteiger partial charge in [-0.05, 0) is 37.4 Å². The molecule has 0 saturated carbocycles. The van der Waals surface area contributed by atoms with E-state index in [0.717, 1.165) is 11.3 Å². The van der Waals surface area contributed by atoms with Crippen LogP contribution in [-0.4, -0.2) is 52.4 Å². The first-order chi connectivity index (χ1) is 10.6. The number of hydrogen-bond donors (Lipinski definition) is 1. The predicted octanol–water partition coefficient (Wildman–Crippen LogP) is 1.47. The van der Waals surface area contributed by atoms with Crippen LogP contribution >= 0.6 is 0 Å². The van der Waals surface area contributed by atoms with Crippen molar-refractivity contribution in [3.63, 3.8) is 0 Å². The van der Waals surface area contributed by atoms with Crippen LogP contribution in [0.2, 0.25) is 0 Å². The number of aliphatic hydroxyl groups is 1. The minimum absolute atomic E-state index is 0.0239. The normalized spacial score (nSPS) is 21.5. The third kappa shape index (κ3) is 3.30. The zero-order chi connectivity index (χ0) is 15.5. The number of hydrogen-bond acceptors (Lipinski definition) is 5. The lowest BCUT2D eigenvalue weighted by atomic mass is 10.2. The summed E-state index contributed by atoms with van der Waals surface area (Å²) in [6, 6.07) is 7.92. The molecule has 0 amide bonds. The van der Waals surface area contributed by atoms with Crippen LogP contribution in [0, 0.1) is 5.82 Å². The number of likely N-dealkylation sites (N-methyl/N-ethyl adjacent to an activating group) is 1. The maximum Gasteiger partial charge on any atom is 0.159 e. The van der Waals surface area contributed by atoms with E-state index in [-0.39, 0.29) is 11.9 Å². The Morgan fingerprint density at radius 2 is 2.05 bits per heavy atom. The van der Waals surface area contributed by atoms with Crippen LogP contribution in [0.1, 0.15) is 5.69 Å². The minimum atomic E-state index is -0.469. The predicted molar refractivity (Wildman–Crippen MR) is 79.5 cm³/mol. The third-order valence-corrected chi connectivity index (χ3v) is 3.81. The summed E-state index contributed by atoms with van der Waals surface area (Å²) >= 11 is 0. The molecule has 2 atom stereocenters. The van der Waals surface area contributed by atoms with Crippen molar-refractivity contribution in [3.05, 3.63) is 48.0 Å². The van der Waals surface area contributed by atoms with Gasteiger partial charge in [-0.25, -0.2) is 14.4 Å². The highest BCUT2D eigenvalue weighted by atomic mass is 19.1. The Hall–Kier alpha value is -1.89. The summed E-state index contributed by atoms with van der Waals surface area (Å²) in [6.07, 6.45) is 1.22. The molecular weight excluding hydrogens is 285 g/mol. The van der Waals surface area contributed by atoms with Gasteiger partial charge in [-0.2, -0.15) is 0 Å². The third-order valence-electron chi connectivity index (χ3n) is 3.81.